The summed E-state index contributed by atoms with van der Waals surface area (Å²) in [5.74, 6) is 1.37. The zero-order valence-corrected chi connectivity index (χ0v) is 22.9. The van der Waals surface area contributed by atoms with Crippen molar-refractivity contribution in [2.75, 3.05) is 38.1 Å². The Labute approximate surface area is 234 Å². The van der Waals surface area contributed by atoms with Gasteiger partial charge in [-0.15, -0.1) is 0 Å². The molecule has 2 N–H and O–H groups in total. The van der Waals surface area contributed by atoms with Gasteiger partial charge in [-0.3, -0.25) is 19.6 Å². The number of hydrogen-bond donors (Lipinski definition) is 2. The zero-order chi connectivity index (χ0) is 27.1. The third-order valence-electron chi connectivity index (χ3n) is 8.00. The molecule has 1 saturated heterocycles. The molecule has 1 fully saturated rings. The van der Waals surface area contributed by atoms with Gasteiger partial charge in [0.15, 0.2) is 0 Å². The highest BCUT2D eigenvalue weighted by Gasteiger charge is 2.20. The van der Waals surface area contributed by atoms with Crippen LogP contribution in [0.1, 0.15) is 24.8 Å². The lowest BCUT2D eigenvalue weighted by atomic mass is 9.98. The highest BCUT2D eigenvalue weighted by atomic mass is 16.5. The maximum atomic E-state index is 12.8. The zero-order valence-electron chi connectivity index (χ0n) is 22.9. The van der Waals surface area contributed by atoms with Crippen molar-refractivity contribution in [2.24, 2.45) is 5.92 Å². The van der Waals surface area contributed by atoms with Crippen molar-refractivity contribution in [3.8, 4) is 5.75 Å². The molecule has 0 spiro atoms. The van der Waals surface area contributed by atoms with Crippen LogP contribution in [-0.2, 0) is 13.0 Å². The Hall–Kier alpha value is -4.10. The van der Waals surface area contributed by atoms with E-state index in [4.69, 9.17) is 4.74 Å². The third kappa shape index (κ3) is 6.20. The van der Waals surface area contributed by atoms with Crippen molar-refractivity contribution in [1.29, 1.82) is 0 Å². The van der Waals surface area contributed by atoms with Crippen LogP contribution in [0.4, 0.5) is 5.69 Å². The van der Waals surface area contributed by atoms with E-state index in [1.165, 1.54) is 10.9 Å². The van der Waals surface area contributed by atoms with Crippen molar-refractivity contribution in [2.45, 2.75) is 32.2 Å². The predicted octanol–water partition coefficient (Wildman–Crippen LogP) is 5.71. The molecule has 0 radical (unpaired) electrons. The molecule has 1 aliphatic rings. The van der Waals surface area contributed by atoms with Gasteiger partial charge < -0.3 is 15.0 Å². The molecule has 0 bridgehead atoms. The molecule has 1 aliphatic heterocycles. The summed E-state index contributed by atoms with van der Waals surface area (Å²) in [5.41, 5.74) is 4.34. The summed E-state index contributed by atoms with van der Waals surface area (Å²) in [7, 11) is 0. The Bertz CT molecular complexity index is 1600. The molecule has 5 aromatic rings. The summed E-state index contributed by atoms with van der Waals surface area (Å²) in [6, 6.07) is 26.5. The third-order valence-corrected chi connectivity index (χ3v) is 8.00. The molecule has 0 atom stereocenters. The molecule has 7 heteroatoms. The SMILES string of the molecule is O=c1c2ccc(OCC3CCN(CCNc4ccnc5ccccc45)CC3)cc2[nH]n1CCCc1ccccc1. The second-order valence-electron chi connectivity index (χ2n) is 10.8. The van der Waals surface area contributed by atoms with Crippen LogP contribution in [0.3, 0.4) is 0 Å². The first kappa shape index (κ1) is 26.1. The summed E-state index contributed by atoms with van der Waals surface area (Å²) in [4.78, 5) is 19.8. The first-order valence-corrected chi connectivity index (χ1v) is 14.4. The predicted molar refractivity (Wildman–Crippen MR) is 162 cm³/mol. The molecule has 0 amide bonds. The van der Waals surface area contributed by atoms with Crippen LogP contribution in [-0.4, -0.2) is 52.5 Å². The van der Waals surface area contributed by atoms with Crippen LogP contribution < -0.4 is 15.6 Å². The van der Waals surface area contributed by atoms with Crippen molar-refractivity contribution in [3.63, 3.8) is 0 Å². The number of likely N-dealkylation sites (tertiary alicyclic amines) is 1. The van der Waals surface area contributed by atoms with E-state index in [9.17, 15) is 4.79 Å². The molecule has 2 aromatic heterocycles. The number of aromatic nitrogens is 3. The van der Waals surface area contributed by atoms with E-state index in [1.807, 2.05) is 36.5 Å². The van der Waals surface area contributed by atoms with Crippen LogP contribution >= 0.6 is 0 Å². The fourth-order valence-electron chi connectivity index (χ4n) is 5.67. The van der Waals surface area contributed by atoms with Gasteiger partial charge in [0, 0.05) is 43.0 Å². The standard InChI is InChI=1S/C33H37N5O2/c39-33-29-13-12-27(23-32(29)36-38(33)19-6-9-25-7-2-1-3-8-25)40-24-26-15-20-37(21-16-26)22-18-35-31-14-17-34-30-11-5-4-10-28(30)31/h1-5,7-8,10-14,17,23,26,36H,6,9,15-16,18-22,24H2,(H,34,35). The molecule has 0 aliphatic carbocycles. The van der Waals surface area contributed by atoms with E-state index < -0.39 is 0 Å². The van der Waals surface area contributed by atoms with Gasteiger partial charge in [-0.25, -0.2) is 0 Å². The van der Waals surface area contributed by atoms with Gasteiger partial charge in [0.2, 0.25) is 0 Å². The topological polar surface area (TPSA) is 75.2 Å². The number of aryl methyl sites for hydroxylation is 2. The van der Waals surface area contributed by atoms with Crippen LogP contribution in [0.5, 0.6) is 5.75 Å². The number of pyridine rings is 1. The lowest BCUT2D eigenvalue weighted by molar-refractivity contribution is 0.145. The Balaban J connectivity index is 0.947. The van der Waals surface area contributed by atoms with Crippen molar-refractivity contribution < 1.29 is 4.74 Å². The smallest absolute Gasteiger partial charge is 0.274 e. The maximum Gasteiger partial charge on any atom is 0.274 e. The van der Waals surface area contributed by atoms with Gasteiger partial charge in [-0.05, 0) is 74.5 Å². The van der Waals surface area contributed by atoms with Gasteiger partial charge in [0.1, 0.15) is 5.75 Å². The number of hydrogen-bond acceptors (Lipinski definition) is 5. The Morgan fingerprint density at radius 1 is 0.925 bits per heavy atom. The van der Waals surface area contributed by atoms with Crippen LogP contribution in [0.2, 0.25) is 0 Å². The minimum atomic E-state index is 0.0357. The van der Waals surface area contributed by atoms with Gasteiger partial charge in [0.25, 0.3) is 5.56 Å². The fraction of sp³-hybridized carbons (Fsp3) is 0.333. The molecule has 3 heterocycles. The number of fused-ring (bicyclic) bond motifs is 2. The lowest BCUT2D eigenvalue weighted by Crippen LogP contribution is -2.38. The molecule has 7 nitrogen and oxygen atoms in total. The summed E-state index contributed by atoms with van der Waals surface area (Å²) in [6.45, 7) is 5.50. The molecule has 3 aromatic carbocycles. The second-order valence-corrected chi connectivity index (χ2v) is 10.8. The average Bonchev–Trinajstić information content (AvgIpc) is 3.31. The van der Waals surface area contributed by atoms with E-state index in [1.54, 1.807) is 4.68 Å². The number of benzene rings is 3. The monoisotopic (exact) mass is 535 g/mol. The first-order valence-electron chi connectivity index (χ1n) is 14.4. The number of H-pyrrole nitrogens is 1. The van der Waals surface area contributed by atoms with Gasteiger partial charge in [-0.2, -0.15) is 0 Å². The van der Waals surface area contributed by atoms with Gasteiger partial charge in [-0.1, -0.05) is 48.5 Å². The van der Waals surface area contributed by atoms with E-state index in [0.717, 1.165) is 74.3 Å². The highest BCUT2D eigenvalue weighted by Crippen LogP contribution is 2.23. The number of para-hydroxylation sites is 1. The molecule has 0 unspecified atom stereocenters. The number of piperidine rings is 1. The van der Waals surface area contributed by atoms with E-state index >= 15 is 0 Å². The van der Waals surface area contributed by atoms with Crippen molar-refractivity contribution in [3.05, 3.63) is 101 Å². The Kier molecular flexibility index (Phi) is 8.10. The molecular weight excluding hydrogens is 498 g/mol. The summed E-state index contributed by atoms with van der Waals surface area (Å²) >= 11 is 0. The number of nitrogens with zero attached hydrogens (tertiary/aromatic N) is 3. The molecule has 40 heavy (non-hydrogen) atoms. The largest absolute Gasteiger partial charge is 0.493 e. The number of anilines is 1. The lowest BCUT2D eigenvalue weighted by Gasteiger charge is -2.32. The Morgan fingerprint density at radius 2 is 1.75 bits per heavy atom. The summed E-state index contributed by atoms with van der Waals surface area (Å²) in [6.07, 6.45) is 6.00. The van der Waals surface area contributed by atoms with E-state index in [2.05, 4.69) is 68.8 Å². The van der Waals surface area contributed by atoms with E-state index in [-0.39, 0.29) is 5.56 Å². The fourth-order valence-corrected chi connectivity index (χ4v) is 5.67. The average molecular weight is 536 g/mol. The number of nitrogens with one attached hydrogen (secondary N) is 2. The van der Waals surface area contributed by atoms with Crippen LogP contribution in [0.15, 0.2) is 89.9 Å². The van der Waals surface area contributed by atoms with E-state index in [0.29, 0.717) is 24.5 Å². The van der Waals surface area contributed by atoms with Crippen molar-refractivity contribution >= 4 is 27.5 Å². The first-order chi connectivity index (χ1) is 19.7. The molecule has 0 saturated carbocycles. The normalized spacial score (nSPS) is 14.6. The molecular formula is C33H37N5O2. The molecule has 206 valence electrons. The molecule has 6 rings (SSSR count). The second kappa shape index (κ2) is 12.4. The summed E-state index contributed by atoms with van der Waals surface area (Å²) < 4.78 is 7.91. The quantitative estimate of drug-likeness (QED) is 0.227. The van der Waals surface area contributed by atoms with Crippen molar-refractivity contribution in [1.82, 2.24) is 19.7 Å². The number of rotatable bonds is 11. The minimum absolute atomic E-state index is 0.0357. The van der Waals surface area contributed by atoms with Crippen LogP contribution in [0, 0.1) is 5.92 Å². The highest BCUT2D eigenvalue weighted by molar-refractivity contribution is 5.90. The maximum absolute atomic E-state index is 12.8. The number of aromatic amines is 1. The van der Waals surface area contributed by atoms with Gasteiger partial charge in [0.05, 0.1) is 23.0 Å². The Morgan fingerprint density at radius 3 is 2.62 bits per heavy atom. The van der Waals surface area contributed by atoms with Gasteiger partial charge >= 0.3 is 0 Å². The minimum Gasteiger partial charge on any atom is -0.493 e. The van der Waals surface area contributed by atoms with Crippen LogP contribution in [0.25, 0.3) is 21.8 Å². The summed E-state index contributed by atoms with van der Waals surface area (Å²) in [5, 5.41) is 8.77. The number of ether oxygens (including phenoxy) is 1.